The normalized spacial score (nSPS) is 10.4. The highest BCUT2D eigenvalue weighted by Gasteiger charge is 2.10. The molecule has 0 heterocycles. The van der Waals surface area contributed by atoms with Gasteiger partial charge in [-0.3, -0.25) is 4.79 Å². The molecule has 0 bridgehead atoms. The first-order valence-electron chi connectivity index (χ1n) is 6.64. The minimum Gasteiger partial charge on any atom is -0.397 e. The Morgan fingerprint density at radius 2 is 1.50 bits per heavy atom. The van der Waals surface area contributed by atoms with E-state index in [1.54, 1.807) is 0 Å². The highest BCUT2D eigenvalue weighted by molar-refractivity contribution is 6.06. The van der Waals surface area contributed by atoms with Crippen LogP contribution in [0.15, 0.2) is 30.3 Å². The Hall–Kier alpha value is -2.29. The fraction of sp³-hybridized carbons (Fsp3) is 0.235. The molecular formula is C17H20N2O. The van der Waals surface area contributed by atoms with Gasteiger partial charge in [0.15, 0.2) is 0 Å². The first-order valence-corrected chi connectivity index (χ1v) is 6.64. The predicted octanol–water partition coefficient (Wildman–Crippen LogP) is 3.75. The van der Waals surface area contributed by atoms with Gasteiger partial charge in [0.2, 0.25) is 0 Å². The number of hydrogen-bond acceptors (Lipinski definition) is 2. The Balaban J connectivity index is 2.27. The minimum atomic E-state index is -0.136. The van der Waals surface area contributed by atoms with Crippen molar-refractivity contribution in [2.24, 2.45) is 0 Å². The summed E-state index contributed by atoms with van der Waals surface area (Å²) in [6.45, 7) is 8.02. The second-order valence-corrected chi connectivity index (χ2v) is 5.28. The number of nitrogens with two attached hydrogens (primary N) is 1. The van der Waals surface area contributed by atoms with Crippen molar-refractivity contribution in [1.29, 1.82) is 0 Å². The summed E-state index contributed by atoms with van der Waals surface area (Å²) in [5.74, 6) is -0.136. The van der Waals surface area contributed by atoms with Crippen molar-refractivity contribution in [2.75, 3.05) is 11.1 Å². The summed E-state index contributed by atoms with van der Waals surface area (Å²) in [6, 6.07) is 9.46. The molecule has 0 radical (unpaired) electrons. The molecule has 0 atom stereocenters. The number of nitrogen functional groups attached to an aromatic ring is 1. The molecule has 0 saturated carbocycles. The number of nitrogens with one attached hydrogen (secondary N) is 1. The Bertz CT molecular complexity index is 675. The summed E-state index contributed by atoms with van der Waals surface area (Å²) in [7, 11) is 0. The minimum absolute atomic E-state index is 0.136. The van der Waals surface area contributed by atoms with Gasteiger partial charge in [-0.1, -0.05) is 6.07 Å². The molecule has 3 N–H and O–H groups in total. The van der Waals surface area contributed by atoms with E-state index in [1.165, 1.54) is 5.56 Å². The smallest absolute Gasteiger partial charge is 0.255 e. The number of anilines is 2. The molecule has 3 heteroatoms. The van der Waals surface area contributed by atoms with Crippen LogP contribution in [0.3, 0.4) is 0 Å². The van der Waals surface area contributed by atoms with Crippen LogP contribution in [0.25, 0.3) is 0 Å². The monoisotopic (exact) mass is 268 g/mol. The third-order valence-corrected chi connectivity index (χ3v) is 3.68. The van der Waals surface area contributed by atoms with E-state index in [-0.39, 0.29) is 5.91 Å². The Kier molecular flexibility index (Phi) is 3.79. The van der Waals surface area contributed by atoms with Gasteiger partial charge in [-0.25, -0.2) is 0 Å². The van der Waals surface area contributed by atoms with Crippen LogP contribution in [-0.4, -0.2) is 5.91 Å². The number of amides is 1. The van der Waals surface area contributed by atoms with Crippen molar-refractivity contribution in [3.05, 3.63) is 58.1 Å². The zero-order valence-corrected chi connectivity index (χ0v) is 12.4. The number of rotatable bonds is 2. The molecule has 0 aliphatic heterocycles. The number of carbonyl (C=O) groups is 1. The summed E-state index contributed by atoms with van der Waals surface area (Å²) in [6.07, 6.45) is 0. The molecule has 1 amide bonds. The molecule has 0 unspecified atom stereocenters. The van der Waals surface area contributed by atoms with Gasteiger partial charge in [-0.2, -0.15) is 0 Å². The van der Waals surface area contributed by atoms with Crippen molar-refractivity contribution < 1.29 is 4.79 Å². The van der Waals surface area contributed by atoms with Gasteiger partial charge in [-0.15, -0.1) is 0 Å². The SMILES string of the molecule is Cc1ccc(C(=O)Nc2cc(C)c(C)cc2N)cc1C. The third kappa shape index (κ3) is 2.82. The summed E-state index contributed by atoms with van der Waals surface area (Å²) < 4.78 is 0. The van der Waals surface area contributed by atoms with E-state index in [1.807, 2.05) is 58.0 Å². The molecule has 0 fully saturated rings. The lowest BCUT2D eigenvalue weighted by atomic mass is 10.1. The van der Waals surface area contributed by atoms with Gasteiger partial charge < -0.3 is 11.1 Å². The van der Waals surface area contributed by atoms with Crippen LogP contribution in [0.5, 0.6) is 0 Å². The highest BCUT2D eigenvalue weighted by Crippen LogP contribution is 2.23. The maximum atomic E-state index is 12.3. The van der Waals surface area contributed by atoms with E-state index in [0.717, 1.165) is 16.7 Å². The van der Waals surface area contributed by atoms with Crippen LogP contribution < -0.4 is 11.1 Å². The van der Waals surface area contributed by atoms with Crippen molar-refractivity contribution >= 4 is 17.3 Å². The fourth-order valence-corrected chi connectivity index (χ4v) is 2.02. The van der Waals surface area contributed by atoms with Gasteiger partial charge >= 0.3 is 0 Å². The van der Waals surface area contributed by atoms with Crippen molar-refractivity contribution in [1.82, 2.24) is 0 Å². The zero-order valence-electron chi connectivity index (χ0n) is 12.4. The fourth-order valence-electron chi connectivity index (χ4n) is 2.02. The van der Waals surface area contributed by atoms with E-state index in [9.17, 15) is 4.79 Å². The Morgan fingerprint density at radius 1 is 0.900 bits per heavy atom. The second kappa shape index (κ2) is 5.37. The number of carbonyl (C=O) groups excluding carboxylic acids is 1. The molecule has 2 aromatic carbocycles. The lowest BCUT2D eigenvalue weighted by Gasteiger charge is -2.12. The Labute approximate surface area is 119 Å². The van der Waals surface area contributed by atoms with Gasteiger partial charge in [-0.05, 0) is 74.2 Å². The second-order valence-electron chi connectivity index (χ2n) is 5.28. The Morgan fingerprint density at radius 3 is 2.15 bits per heavy atom. The molecule has 0 aliphatic carbocycles. The van der Waals surface area contributed by atoms with Crippen LogP contribution in [0.2, 0.25) is 0 Å². The maximum absolute atomic E-state index is 12.3. The summed E-state index contributed by atoms with van der Waals surface area (Å²) in [4.78, 5) is 12.3. The predicted molar refractivity (Wildman–Crippen MR) is 84.2 cm³/mol. The third-order valence-electron chi connectivity index (χ3n) is 3.68. The van der Waals surface area contributed by atoms with Crippen LogP contribution in [0.4, 0.5) is 11.4 Å². The van der Waals surface area contributed by atoms with E-state index < -0.39 is 0 Å². The van der Waals surface area contributed by atoms with Gasteiger partial charge in [0.1, 0.15) is 0 Å². The van der Waals surface area contributed by atoms with Gasteiger partial charge in [0.25, 0.3) is 5.91 Å². The molecule has 0 saturated heterocycles. The van der Waals surface area contributed by atoms with Gasteiger partial charge in [0, 0.05) is 5.56 Å². The average Bonchev–Trinajstić information content (AvgIpc) is 2.39. The molecule has 0 aromatic heterocycles. The number of benzene rings is 2. The number of aryl methyl sites for hydroxylation is 4. The van der Waals surface area contributed by atoms with Crippen LogP contribution in [-0.2, 0) is 0 Å². The summed E-state index contributed by atoms with van der Waals surface area (Å²) in [5, 5.41) is 2.88. The van der Waals surface area contributed by atoms with E-state index in [2.05, 4.69) is 5.32 Å². The number of hydrogen-bond donors (Lipinski definition) is 2. The molecular weight excluding hydrogens is 248 g/mol. The molecule has 0 spiro atoms. The first kappa shape index (κ1) is 14.1. The van der Waals surface area contributed by atoms with Crippen molar-refractivity contribution in [3.63, 3.8) is 0 Å². The molecule has 104 valence electrons. The highest BCUT2D eigenvalue weighted by atomic mass is 16.1. The largest absolute Gasteiger partial charge is 0.397 e. The molecule has 3 nitrogen and oxygen atoms in total. The van der Waals surface area contributed by atoms with E-state index in [0.29, 0.717) is 16.9 Å². The van der Waals surface area contributed by atoms with Crippen LogP contribution in [0.1, 0.15) is 32.6 Å². The lowest BCUT2D eigenvalue weighted by Crippen LogP contribution is -2.14. The molecule has 2 aromatic rings. The van der Waals surface area contributed by atoms with E-state index in [4.69, 9.17) is 5.73 Å². The van der Waals surface area contributed by atoms with E-state index >= 15 is 0 Å². The standard InChI is InChI=1S/C17H20N2O/c1-10-5-6-14(7-11(10)2)17(20)19-16-9-13(4)12(3)8-15(16)18/h5-9H,18H2,1-4H3,(H,19,20). The summed E-state index contributed by atoms with van der Waals surface area (Å²) >= 11 is 0. The van der Waals surface area contributed by atoms with Crippen molar-refractivity contribution in [3.8, 4) is 0 Å². The summed E-state index contributed by atoms with van der Waals surface area (Å²) in [5.41, 5.74) is 12.4. The van der Waals surface area contributed by atoms with Crippen LogP contribution >= 0.6 is 0 Å². The molecule has 0 aliphatic rings. The topological polar surface area (TPSA) is 55.1 Å². The van der Waals surface area contributed by atoms with Crippen LogP contribution in [0, 0.1) is 27.7 Å². The molecule has 2 rings (SSSR count). The van der Waals surface area contributed by atoms with Crippen molar-refractivity contribution in [2.45, 2.75) is 27.7 Å². The lowest BCUT2D eigenvalue weighted by molar-refractivity contribution is 0.102. The first-order chi connectivity index (χ1) is 9.38. The van der Waals surface area contributed by atoms with Gasteiger partial charge in [0.05, 0.1) is 11.4 Å². The maximum Gasteiger partial charge on any atom is 0.255 e. The average molecular weight is 268 g/mol. The zero-order chi connectivity index (χ0) is 14.9. The molecule has 20 heavy (non-hydrogen) atoms. The quantitative estimate of drug-likeness (QED) is 0.815.